The van der Waals surface area contributed by atoms with E-state index >= 15 is 0 Å². The largest absolute Gasteiger partial charge is 0.440 e. The number of fused-ring (bicyclic) bond motifs is 1. The summed E-state index contributed by atoms with van der Waals surface area (Å²) in [4.78, 5) is 26.7. The maximum atomic E-state index is 12.3. The van der Waals surface area contributed by atoms with Gasteiger partial charge in [0.2, 0.25) is 0 Å². The molecule has 2 amide bonds. The van der Waals surface area contributed by atoms with Gasteiger partial charge in [-0.15, -0.1) is 0 Å². The Kier molecular flexibility index (Phi) is 3.16. The van der Waals surface area contributed by atoms with Crippen LogP contribution in [0.15, 0.2) is 24.3 Å². The second kappa shape index (κ2) is 4.76. The third kappa shape index (κ3) is 2.60. The van der Waals surface area contributed by atoms with Crippen molar-refractivity contribution >= 4 is 25.4 Å². The number of ether oxygens (including phenoxy) is 1. The normalized spacial score (nSPS) is 27.2. The number of H-pyrrole nitrogens is 1. The molecule has 3 rings (SSSR count). The van der Waals surface area contributed by atoms with Crippen molar-refractivity contribution in [1.29, 1.82) is 0 Å². The van der Waals surface area contributed by atoms with Gasteiger partial charge in [-0.2, -0.15) is 0 Å². The number of carbonyl (C=O) groups excluding carboxylic acids is 2. The van der Waals surface area contributed by atoms with Crippen molar-refractivity contribution in [1.82, 2.24) is 15.6 Å². The lowest BCUT2D eigenvalue weighted by Crippen LogP contribution is -2.48. The molecule has 1 aromatic rings. The van der Waals surface area contributed by atoms with Gasteiger partial charge in [0.1, 0.15) is 11.8 Å². The van der Waals surface area contributed by atoms with E-state index in [1.54, 1.807) is 6.08 Å². The van der Waals surface area contributed by atoms with Gasteiger partial charge in [0, 0.05) is 0 Å². The van der Waals surface area contributed by atoms with Crippen LogP contribution in [0.3, 0.4) is 0 Å². The molecule has 0 unspecified atom stereocenters. The smallest absolute Gasteiger partial charge is 0.408 e. The fraction of sp³-hybridized carbons (Fsp3) is 0.429. The molecule has 3 atom stereocenters. The van der Waals surface area contributed by atoms with E-state index in [2.05, 4.69) is 35.3 Å². The summed E-state index contributed by atoms with van der Waals surface area (Å²) in [7, 11) is -1.46. The fourth-order valence-corrected chi connectivity index (χ4v) is 3.68. The lowest BCUT2D eigenvalue weighted by Gasteiger charge is -2.18. The first kappa shape index (κ1) is 13.9. The van der Waals surface area contributed by atoms with Gasteiger partial charge in [0.15, 0.2) is 0 Å². The van der Waals surface area contributed by atoms with Crippen LogP contribution in [0.25, 0.3) is 0 Å². The molecule has 2 aliphatic rings. The predicted octanol–water partition coefficient (Wildman–Crippen LogP) is 0.705. The molecule has 6 nitrogen and oxygen atoms in total. The second-order valence-electron chi connectivity index (χ2n) is 6.46. The lowest BCUT2D eigenvalue weighted by molar-refractivity contribution is 0.0932. The van der Waals surface area contributed by atoms with Crippen LogP contribution in [0.2, 0.25) is 19.6 Å². The molecular formula is C14H19N3O3Si. The molecule has 0 bridgehead atoms. The van der Waals surface area contributed by atoms with E-state index in [4.69, 9.17) is 4.74 Å². The van der Waals surface area contributed by atoms with Gasteiger partial charge in [-0.3, -0.25) is 4.79 Å². The van der Waals surface area contributed by atoms with Crippen LogP contribution in [0.4, 0.5) is 4.79 Å². The summed E-state index contributed by atoms with van der Waals surface area (Å²) in [6.07, 6.45) is 2.93. The van der Waals surface area contributed by atoms with E-state index in [9.17, 15) is 9.59 Å². The van der Waals surface area contributed by atoms with Gasteiger partial charge in [0.25, 0.3) is 5.91 Å². The third-order valence-corrected chi connectivity index (χ3v) is 5.72. The summed E-state index contributed by atoms with van der Waals surface area (Å²) < 4.78 is 5.06. The SMILES string of the molecule is C[Si](C)(C)c1ccc(C(=O)N[C@@H]2C=C[C@H]3OC(=O)N[C@@H]23)[nH]1. The minimum Gasteiger partial charge on any atom is -0.440 e. The molecule has 1 aliphatic heterocycles. The van der Waals surface area contributed by atoms with E-state index in [1.165, 1.54) is 0 Å². The molecule has 1 saturated heterocycles. The highest BCUT2D eigenvalue weighted by Gasteiger charge is 2.41. The Morgan fingerprint density at radius 1 is 1.29 bits per heavy atom. The Bertz CT molecular complexity index is 617. The van der Waals surface area contributed by atoms with E-state index in [0.717, 1.165) is 5.32 Å². The molecule has 0 spiro atoms. The van der Waals surface area contributed by atoms with Crippen molar-refractivity contribution in [2.45, 2.75) is 37.8 Å². The Morgan fingerprint density at radius 2 is 2.05 bits per heavy atom. The van der Waals surface area contributed by atoms with Gasteiger partial charge in [0.05, 0.1) is 20.2 Å². The Balaban J connectivity index is 1.68. The standard InChI is InChI=1S/C14H19N3O3Si/c1-21(2,3)11-7-5-9(15-11)13(18)16-8-4-6-10-12(8)17-14(19)20-10/h4-8,10,12,15H,1-3H3,(H,16,18)(H,17,19)/t8-,10-,12+/m1/s1. The first-order valence-electron chi connectivity index (χ1n) is 7.00. The van der Waals surface area contributed by atoms with Crippen molar-refractivity contribution in [3.05, 3.63) is 30.0 Å². The zero-order chi connectivity index (χ0) is 15.2. The minimum atomic E-state index is -1.46. The highest BCUT2D eigenvalue weighted by atomic mass is 28.3. The van der Waals surface area contributed by atoms with Crippen LogP contribution in [0.5, 0.6) is 0 Å². The van der Waals surface area contributed by atoms with Gasteiger partial charge >= 0.3 is 6.09 Å². The van der Waals surface area contributed by atoms with Crippen molar-refractivity contribution in [2.75, 3.05) is 0 Å². The summed E-state index contributed by atoms with van der Waals surface area (Å²) in [5.41, 5.74) is 0.550. The summed E-state index contributed by atoms with van der Waals surface area (Å²) >= 11 is 0. The van der Waals surface area contributed by atoms with Crippen molar-refractivity contribution in [2.24, 2.45) is 0 Å². The maximum Gasteiger partial charge on any atom is 0.408 e. The number of aromatic amines is 1. The highest BCUT2D eigenvalue weighted by Crippen LogP contribution is 2.21. The van der Waals surface area contributed by atoms with Crippen LogP contribution >= 0.6 is 0 Å². The monoisotopic (exact) mass is 305 g/mol. The van der Waals surface area contributed by atoms with Gasteiger partial charge in [-0.1, -0.05) is 25.7 Å². The average molecular weight is 305 g/mol. The molecule has 0 radical (unpaired) electrons. The lowest BCUT2D eigenvalue weighted by atomic mass is 10.1. The number of carbonyl (C=O) groups is 2. The van der Waals surface area contributed by atoms with Crippen LogP contribution in [0.1, 0.15) is 10.5 Å². The molecule has 112 valence electrons. The van der Waals surface area contributed by atoms with Crippen molar-refractivity contribution in [3.63, 3.8) is 0 Å². The first-order valence-corrected chi connectivity index (χ1v) is 10.5. The Labute approximate surface area is 124 Å². The highest BCUT2D eigenvalue weighted by molar-refractivity contribution is 6.88. The molecular weight excluding hydrogens is 286 g/mol. The topological polar surface area (TPSA) is 83.2 Å². The molecule has 3 N–H and O–H groups in total. The van der Waals surface area contributed by atoms with E-state index < -0.39 is 14.2 Å². The predicted molar refractivity (Wildman–Crippen MR) is 81.4 cm³/mol. The minimum absolute atomic E-state index is 0.170. The summed E-state index contributed by atoms with van der Waals surface area (Å²) in [6, 6.07) is 3.33. The molecule has 1 aliphatic carbocycles. The zero-order valence-corrected chi connectivity index (χ0v) is 13.3. The van der Waals surface area contributed by atoms with Crippen LogP contribution < -0.4 is 16.0 Å². The maximum absolute atomic E-state index is 12.3. The zero-order valence-electron chi connectivity index (χ0n) is 12.3. The first-order chi connectivity index (χ1) is 9.84. The van der Waals surface area contributed by atoms with Gasteiger partial charge < -0.3 is 20.4 Å². The summed E-state index contributed by atoms with van der Waals surface area (Å²) in [5, 5.41) is 6.77. The van der Waals surface area contributed by atoms with Crippen LogP contribution in [-0.2, 0) is 4.74 Å². The quantitative estimate of drug-likeness (QED) is 0.568. The molecule has 2 heterocycles. The number of hydrogen-bond donors (Lipinski definition) is 3. The van der Waals surface area contributed by atoms with Crippen LogP contribution in [-0.4, -0.2) is 43.2 Å². The molecule has 1 aromatic heterocycles. The molecule has 21 heavy (non-hydrogen) atoms. The number of aromatic nitrogens is 1. The molecule has 7 heteroatoms. The Morgan fingerprint density at radius 3 is 2.71 bits per heavy atom. The third-order valence-electron chi connectivity index (χ3n) is 3.81. The fourth-order valence-electron chi connectivity index (χ4n) is 2.58. The van der Waals surface area contributed by atoms with E-state index in [1.807, 2.05) is 18.2 Å². The van der Waals surface area contributed by atoms with Crippen LogP contribution in [0, 0.1) is 0 Å². The number of nitrogens with one attached hydrogen (secondary N) is 3. The summed E-state index contributed by atoms with van der Waals surface area (Å²) in [5.74, 6) is -0.170. The average Bonchev–Trinajstić information content (AvgIpc) is 3.04. The van der Waals surface area contributed by atoms with Gasteiger partial charge in [-0.05, 0) is 23.5 Å². The molecule has 0 saturated carbocycles. The number of rotatable bonds is 3. The second-order valence-corrected chi connectivity index (χ2v) is 11.5. The molecule has 1 fully saturated rings. The van der Waals surface area contributed by atoms with Gasteiger partial charge in [-0.25, -0.2) is 4.79 Å². The summed E-state index contributed by atoms with van der Waals surface area (Å²) in [6.45, 7) is 6.66. The van der Waals surface area contributed by atoms with Crippen molar-refractivity contribution in [3.8, 4) is 0 Å². The Hall–Kier alpha value is -2.02. The number of hydrogen-bond acceptors (Lipinski definition) is 3. The number of amides is 2. The number of alkyl carbamates (subject to hydrolysis) is 1. The molecule has 0 aromatic carbocycles. The van der Waals surface area contributed by atoms with Crippen molar-refractivity contribution < 1.29 is 14.3 Å². The van der Waals surface area contributed by atoms with E-state index in [0.29, 0.717) is 5.69 Å². The van der Waals surface area contributed by atoms with E-state index in [-0.39, 0.29) is 24.1 Å².